The third-order valence-electron chi connectivity index (χ3n) is 7.17. The highest BCUT2D eigenvalue weighted by Gasteiger charge is 2.23. The van der Waals surface area contributed by atoms with Crippen molar-refractivity contribution in [3.8, 4) is 17.1 Å². The molecule has 5 aromatic rings. The summed E-state index contributed by atoms with van der Waals surface area (Å²) in [4.78, 5) is 25.3. The molecule has 0 spiro atoms. The first-order chi connectivity index (χ1) is 19.8. The average Bonchev–Trinajstić information content (AvgIpc) is 3.27. The van der Waals surface area contributed by atoms with Crippen molar-refractivity contribution >= 4 is 28.7 Å². The summed E-state index contributed by atoms with van der Waals surface area (Å²) < 4.78 is 27.5. The fourth-order valence-electron chi connectivity index (χ4n) is 4.80. The Labute approximate surface area is 240 Å². The number of halogens is 2. The summed E-state index contributed by atoms with van der Waals surface area (Å²) in [5.41, 5.74) is 5.35. The van der Waals surface area contributed by atoms with Gasteiger partial charge in [0.25, 0.3) is 0 Å². The lowest BCUT2D eigenvalue weighted by Crippen LogP contribution is -2.32. The van der Waals surface area contributed by atoms with Gasteiger partial charge in [-0.15, -0.1) is 0 Å². The first kappa shape index (κ1) is 26.9. The molecule has 0 saturated carbocycles. The number of fused-ring (bicyclic) bond motifs is 1. The molecule has 1 N–H and O–H groups in total. The number of benzene rings is 2. The molecule has 10 heteroatoms. The number of rotatable bonds is 9. The maximum absolute atomic E-state index is 14.1. The lowest BCUT2D eigenvalue weighted by Gasteiger charge is -2.27. The topological polar surface area (TPSA) is 99.4 Å². The van der Waals surface area contributed by atoms with Crippen LogP contribution in [0.5, 0.6) is 5.88 Å². The van der Waals surface area contributed by atoms with E-state index in [1.165, 1.54) is 12.1 Å². The summed E-state index contributed by atoms with van der Waals surface area (Å²) in [5.74, 6) is -0.317. The van der Waals surface area contributed by atoms with Gasteiger partial charge in [-0.3, -0.25) is 0 Å². The number of carboxylic acid groups (broad SMARTS) is 1. The first-order valence-electron chi connectivity index (χ1n) is 13.2. The van der Waals surface area contributed by atoms with Gasteiger partial charge in [0.05, 0.1) is 18.3 Å². The van der Waals surface area contributed by atoms with Crippen molar-refractivity contribution in [2.45, 2.75) is 39.0 Å². The van der Waals surface area contributed by atoms with Gasteiger partial charge in [0.1, 0.15) is 23.8 Å². The van der Waals surface area contributed by atoms with E-state index in [4.69, 9.17) is 26.1 Å². The molecule has 1 aliphatic heterocycles. The highest BCUT2D eigenvalue weighted by Crippen LogP contribution is 2.27. The predicted octanol–water partition coefficient (Wildman–Crippen LogP) is 6.25. The van der Waals surface area contributed by atoms with Gasteiger partial charge in [0.2, 0.25) is 5.88 Å². The maximum atomic E-state index is 14.1. The summed E-state index contributed by atoms with van der Waals surface area (Å²) in [6.45, 7) is 3.35. The van der Waals surface area contributed by atoms with Crippen LogP contribution in [0, 0.1) is 12.7 Å². The van der Waals surface area contributed by atoms with Crippen LogP contribution in [0.1, 0.15) is 39.4 Å². The van der Waals surface area contributed by atoms with Gasteiger partial charge in [0, 0.05) is 35.2 Å². The summed E-state index contributed by atoms with van der Waals surface area (Å²) in [6, 6.07) is 19.2. The van der Waals surface area contributed by atoms with E-state index < -0.39 is 11.8 Å². The minimum absolute atomic E-state index is 0.0164. The predicted molar refractivity (Wildman–Crippen MR) is 152 cm³/mol. The van der Waals surface area contributed by atoms with E-state index in [2.05, 4.69) is 16.0 Å². The Morgan fingerprint density at radius 3 is 2.66 bits per heavy atom. The van der Waals surface area contributed by atoms with Crippen LogP contribution in [-0.2, 0) is 24.3 Å². The van der Waals surface area contributed by atoms with Gasteiger partial charge < -0.3 is 19.1 Å². The lowest BCUT2D eigenvalue weighted by atomic mass is 10.0. The first-order valence-corrected chi connectivity index (χ1v) is 13.6. The minimum atomic E-state index is -1.08. The molecular formula is C31H26ClFN4O4. The molecule has 6 rings (SSSR count). The Hall–Kier alpha value is -4.34. The van der Waals surface area contributed by atoms with E-state index in [-0.39, 0.29) is 18.4 Å². The smallest absolute Gasteiger partial charge is 0.354 e. The number of pyridine rings is 2. The average molecular weight is 573 g/mol. The second-order valence-corrected chi connectivity index (χ2v) is 10.4. The zero-order valence-corrected chi connectivity index (χ0v) is 22.9. The number of hydrogen-bond acceptors (Lipinski definition) is 6. The van der Waals surface area contributed by atoms with E-state index in [1.807, 2.05) is 35.8 Å². The van der Waals surface area contributed by atoms with E-state index in [9.17, 15) is 14.3 Å². The largest absolute Gasteiger partial charge is 0.477 e. The standard InChI is InChI=1S/C31H26ClFN4O4/c1-18-13-20(25-3-2-4-29(35-25)41-17-21-7-8-22(32)15-24(21)33)6-5-19(18)14-28-34-26-9-10-27(31(38)39)36-30(26)37(28)16-23-11-12-40-23/h2-10,13,15,23H,11-12,14,16-17H2,1H3,(H,38,39)/t23-/m0/s1. The zero-order chi connectivity index (χ0) is 28.5. The second-order valence-electron chi connectivity index (χ2n) is 9.97. The Balaban J connectivity index is 1.24. The number of ether oxygens (including phenoxy) is 2. The maximum Gasteiger partial charge on any atom is 0.354 e. The number of aromatic carboxylic acids is 1. The van der Waals surface area contributed by atoms with Gasteiger partial charge >= 0.3 is 5.97 Å². The summed E-state index contributed by atoms with van der Waals surface area (Å²) in [6.07, 6.45) is 1.54. The van der Waals surface area contributed by atoms with Crippen molar-refractivity contribution in [1.82, 2.24) is 19.5 Å². The summed E-state index contributed by atoms with van der Waals surface area (Å²) >= 11 is 5.84. The van der Waals surface area contributed by atoms with Crippen LogP contribution in [0.3, 0.4) is 0 Å². The molecule has 0 aliphatic carbocycles. The monoisotopic (exact) mass is 572 g/mol. The molecule has 3 aromatic heterocycles. The normalized spacial score (nSPS) is 14.7. The van der Waals surface area contributed by atoms with Crippen molar-refractivity contribution in [3.05, 3.63) is 106 Å². The van der Waals surface area contributed by atoms with Gasteiger partial charge in [-0.25, -0.2) is 24.1 Å². The number of carbonyl (C=O) groups is 1. The molecule has 0 unspecified atom stereocenters. The van der Waals surface area contributed by atoms with Crippen molar-refractivity contribution in [2.75, 3.05) is 6.61 Å². The third-order valence-corrected chi connectivity index (χ3v) is 7.41. The molecule has 1 fully saturated rings. The summed E-state index contributed by atoms with van der Waals surface area (Å²) in [5, 5.41) is 9.78. The fraction of sp³-hybridized carbons (Fsp3) is 0.226. The number of nitrogens with zero attached hydrogens (tertiary/aromatic N) is 4. The van der Waals surface area contributed by atoms with Crippen LogP contribution in [-0.4, -0.2) is 43.3 Å². The number of carboxylic acids is 1. The molecular weight excluding hydrogens is 547 g/mol. The number of imidazole rings is 1. The van der Waals surface area contributed by atoms with Gasteiger partial charge in [0.15, 0.2) is 11.3 Å². The number of aryl methyl sites for hydroxylation is 1. The quantitative estimate of drug-likeness (QED) is 0.223. The molecule has 1 atom stereocenters. The lowest BCUT2D eigenvalue weighted by molar-refractivity contribution is -0.0590. The van der Waals surface area contributed by atoms with Crippen LogP contribution in [0.2, 0.25) is 5.02 Å². The Kier molecular flexibility index (Phi) is 7.38. The van der Waals surface area contributed by atoms with Crippen molar-refractivity contribution < 1.29 is 23.8 Å². The van der Waals surface area contributed by atoms with E-state index in [0.717, 1.165) is 41.2 Å². The molecule has 0 bridgehead atoms. The second kappa shape index (κ2) is 11.3. The van der Waals surface area contributed by atoms with Crippen LogP contribution >= 0.6 is 11.6 Å². The van der Waals surface area contributed by atoms with Gasteiger partial charge in [-0.1, -0.05) is 35.9 Å². The van der Waals surface area contributed by atoms with Crippen molar-refractivity contribution in [1.29, 1.82) is 0 Å². The van der Waals surface area contributed by atoms with E-state index in [0.29, 0.717) is 40.6 Å². The van der Waals surface area contributed by atoms with Crippen LogP contribution < -0.4 is 4.74 Å². The van der Waals surface area contributed by atoms with Crippen molar-refractivity contribution in [3.63, 3.8) is 0 Å². The molecule has 1 saturated heterocycles. The number of hydrogen-bond donors (Lipinski definition) is 1. The highest BCUT2D eigenvalue weighted by molar-refractivity contribution is 6.30. The molecule has 0 amide bonds. The molecule has 208 valence electrons. The highest BCUT2D eigenvalue weighted by atomic mass is 35.5. The molecule has 1 aliphatic rings. The van der Waals surface area contributed by atoms with Crippen LogP contribution in [0.25, 0.3) is 22.4 Å². The molecule has 4 heterocycles. The van der Waals surface area contributed by atoms with E-state index in [1.54, 1.807) is 24.3 Å². The Morgan fingerprint density at radius 2 is 1.93 bits per heavy atom. The molecule has 0 radical (unpaired) electrons. The van der Waals surface area contributed by atoms with Gasteiger partial charge in [-0.05, 0) is 60.9 Å². The zero-order valence-electron chi connectivity index (χ0n) is 22.2. The van der Waals surface area contributed by atoms with Crippen molar-refractivity contribution in [2.24, 2.45) is 0 Å². The molecule has 2 aromatic carbocycles. The SMILES string of the molecule is Cc1cc(-c2cccc(OCc3ccc(Cl)cc3F)n2)ccc1Cc1nc2ccc(C(=O)O)nc2n1C[C@@H]1CCO1. The Bertz CT molecular complexity index is 1770. The van der Waals surface area contributed by atoms with E-state index >= 15 is 0 Å². The van der Waals surface area contributed by atoms with Gasteiger partial charge in [-0.2, -0.15) is 0 Å². The number of aromatic nitrogens is 4. The molecule has 41 heavy (non-hydrogen) atoms. The third kappa shape index (κ3) is 5.77. The van der Waals surface area contributed by atoms with Crippen LogP contribution in [0.15, 0.2) is 66.7 Å². The fourth-order valence-corrected chi connectivity index (χ4v) is 4.96. The Morgan fingerprint density at radius 1 is 1.10 bits per heavy atom. The summed E-state index contributed by atoms with van der Waals surface area (Å²) in [7, 11) is 0. The molecule has 8 nitrogen and oxygen atoms in total. The minimum Gasteiger partial charge on any atom is -0.477 e. The van der Waals surface area contributed by atoms with Crippen LogP contribution in [0.4, 0.5) is 4.39 Å².